The molecule has 15 heavy (non-hydrogen) atoms. The fourth-order valence-electron chi connectivity index (χ4n) is 1.90. The van der Waals surface area contributed by atoms with Crippen LogP contribution in [-0.2, 0) is 7.05 Å². The minimum Gasteiger partial charge on any atom is -0.350 e. The lowest BCUT2D eigenvalue weighted by Crippen LogP contribution is -2.07. The van der Waals surface area contributed by atoms with Crippen molar-refractivity contribution in [1.82, 2.24) is 4.57 Å². The fourth-order valence-corrected chi connectivity index (χ4v) is 2.25. The molecule has 3 heteroatoms. The first-order valence-electron chi connectivity index (χ1n) is 5.13. The molecular weight excluding hydrogens is 252 g/mol. The first-order chi connectivity index (χ1) is 7.13. The second-order valence-electron chi connectivity index (χ2n) is 3.87. The van der Waals surface area contributed by atoms with Crippen LogP contribution >= 0.6 is 15.9 Å². The molecule has 0 aliphatic heterocycles. The molecule has 1 aromatic heterocycles. The topological polar surface area (TPSA) is 30.9 Å². The number of nitrogens with two attached hydrogens (primary N) is 1. The highest BCUT2D eigenvalue weighted by atomic mass is 79.9. The quantitative estimate of drug-likeness (QED) is 0.888. The molecule has 2 aromatic rings. The normalized spacial score (nSPS) is 13.3. The highest BCUT2D eigenvalue weighted by Gasteiger charge is 2.11. The van der Waals surface area contributed by atoms with E-state index in [0.29, 0.717) is 0 Å². The minimum absolute atomic E-state index is 0.134. The SMILES string of the molecule is CCC(N)c1cn(C)c2cc(Br)ccc12. The molecule has 2 N–H and O–H groups in total. The number of hydrogen-bond donors (Lipinski definition) is 1. The largest absolute Gasteiger partial charge is 0.350 e. The van der Waals surface area contributed by atoms with E-state index >= 15 is 0 Å². The van der Waals surface area contributed by atoms with E-state index in [1.54, 1.807) is 0 Å². The summed E-state index contributed by atoms with van der Waals surface area (Å²) in [5.41, 5.74) is 8.55. The van der Waals surface area contributed by atoms with Crippen LogP contribution in [0.3, 0.4) is 0 Å². The zero-order valence-electron chi connectivity index (χ0n) is 9.00. The van der Waals surface area contributed by atoms with E-state index in [4.69, 9.17) is 5.73 Å². The van der Waals surface area contributed by atoms with Crippen LogP contribution in [0.15, 0.2) is 28.9 Å². The number of fused-ring (bicyclic) bond motifs is 1. The van der Waals surface area contributed by atoms with Crippen LogP contribution in [0, 0.1) is 0 Å². The van der Waals surface area contributed by atoms with Crippen molar-refractivity contribution in [2.75, 3.05) is 0 Å². The van der Waals surface area contributed by atoms with Crippen molar-refractivity contribution in [1.29, 1.82) is 0 Å². The van der Waals surface area contributed by atoms with Crippen LogP contribution < -0.4 is 5.73 Å². The number of benzene rings is 1. The third-order valence-corrected chi connectivity index (χ3v) is 3.32. The first kappa shape index (κ1) is 10.7. The van der Waals surface area contributed by atoms with E-state index in [1.165, 1.54) is 16.5 Å². The van der Waals surface area contributed by atoms with E-state index < -0.39 is 0 Å². The van der Waals surface area contributed by atoms with E-state index in [9.17, 15) is 0 Å². The third kappa shape index (κ3) is 1.82. The van der Waals surface area contributed by atoms with Crippen LogP contribution in [0.25, 0.3) is 10.9 Å². The molecule has 2 rings (SSSR count). The monoisotopic (exact) mass is 266 g/mol. The predicted molar refractivity (Wildman–Crippen MR) is 67.8 cm³/mol. The number of rotatable bonds is 2. The highest BCUT2D eigenvalue weighted by molar-refractivity contribution is 9.10. The standard InChI is InChI=1S/C12H15BrN2/c1-3-11(14)10-7-15(2)12-6-8(13)4-5-9(10)12/h4-7,11H,3,14H2,1-2H3. The molecule has 2 nitrogen and oxygen atoms in total. The predicted octanol–water partition coefficient (Wildman–Crippen LogP) is 3.35. The van der Waals surface area contributed by atoms with Crippen LogP contribution in [0.2, 0.25) is 0 Å². The Bertz CT molecular complexity index is 488. The maximum absolute atomic E-state index is 6.09. The van der Waals surface area contributed by atoms with E-state index in [0.717, 1.165) is 10.9 Å². The summed E-state index contributed by atoms with van der Waals surface area (Å²) >= 11 is 3.49. The van der Waals surface area contributed by atoms with Crippen molar-refractivity contribution in [3.63, 3.8) is 0 Å². The van der Waals surface area contributed by atoms with Crippen LogP contribution in [-0.4, -0.2) is 4.57 Å². The van der Waals surface area contributed by atoms with Gasteiger partial charge in [0.05, 0.1) is 0 Å². The van der Waals surface area contributed by atoms with Gasteiger partial charge in [-0.3, -0.25) is 0 Å². The van der Waals surface area contributed by atoms with Crippen molar-refractivity contribution in [3.8, 4) is 0 Å². The molecule has 0 bridgehead atoms. The molecule has 1 heterocycles. The van der Waals surface area contributed by atoms with Crippen LogP contribution in [0.4, 0.5) is 0 Å². The molecule has 1 atom stereocenters. The van der Waals surface area contributed by atoms with Gasteiger partial charge in [-0.2, -0.15) is 0 Å². The lowest BCUT2D eigenvalue weighted by molar-refractivity contribution is 0.700. The summed E-state index contributed by atoms with van der Waals surface area (Å²) in [6.45, 7) is 2.11. The van der Waals surface area contributed by atoms with Crippen LogP contribution in [0.5, 0.6) is 0 Å². The van der Waals surface area contributed by atoms with Crippen molar-refractivity contribution in [2.24, 2.45) is 12.8 Å². The number of aromatic nitrogens is 1. The van der Waals surface area contributed by atoms with Gasteiger partial charge >= 0.3 is 0 Å². The second kappa shape index (κ2) is 3.99. The Kier molecular flexibility index (Phi) is 2.85. The molecule has 0 amide bonds. The molecule has 0 saturated heterocycles. The van der Waals surface area contributed by atoms with Crippen molar-refractivity contribution >= 4 is 26.8 Å². The smallest absolute Gasteiger partial charge is 0.0492 e. The number of halogens is 1. The molecule has 0 saturated carbocycles. The summed E-state index contributed by atoms with van der Waals surface area (Å²) in [5, 5.41) is 1.26. The van der Waals surface area contributed by atoms with E-state index in [2.05, 4.69) is 58.9 Å². The Hall–Kier alpha value is -0.800. The molecule has 0 radical (unpaired) electrons. The second-order valence-corrected chi connectivity index (χ2v) is 4.79. The van der Waals surface area contributed by atoms with Gasteiger partial charge in [-0.05, 0) is 24.1 Å². The Morgan fingerprint density at radius 1 is 1.47 bits per heavy atom. The zero-order valence-corrected chi connectivity index (χ0v) is 10.6. The molecule has 80 valence electrons. The molecule has 1 aromatic carbocycles. The summed E-state index contributed by atoms with van der Waals surface area (Å²) in [7, 11) is 2.06. The molecular formula is C12H15BrN2. The van der Waals surface area contributed by atoms with Gasteiger partial charge in [0.15, 0.2) is 0 Å². The lowest BCUT2D eigenvalue weighted by Gasteiger charge is -2.06. The molecule has 0 fully saturated rings. The fraction of sp³-hybridized carbons (Fsp3) is 0.333. The average Bonchev–Trinajstić information content (AvgIpc) is 2.55. The van der Waals surface area contributed by atoms with Crippen molar-refractivity contribution < 1.29 is 0 Å². The summed E-state index contributed by atoms with van der Waals surface area (Å²) in [4.78, 5) is 0. The summed E-state index contributed by atoms with van der Waals surface area (Å²) < 4.78 is 3.23. The van der Waals surface area contributed by atoms with Gasteiger partial charge in [0.1, 0.15) is 0 Å². The Morgan fingerprint density at radius 2 is 2.20 bits per heavy atom. The van der Waals surface area contributed by atoms with Gasteiger partial charge in [0, 0.05) is 34.7 Å². The third-order valence-electron chi connectivity index (χ3n) is 2.82. The maximum Gasteiger partial charge on any atom is 0.0492 e. The molecule has 1 unspecified atom stereocenters. The Labute approximate surface area is 98.2 Å². The van der Waals surface area contributed by atoms with Gasteiger partial charge in [-0.15, -0.1) is 0 Å². The molecule has 0 aliphatic rings. The average molecular weight is 267 g/mol. The van der Waals surface area contributed by atoms with Gasteiger partial charge < -0.3 is 10.3 Å². The summed E-state index contributed by atoms with van der Waals surface area (Å²) in [6, 6.07) is 6.45. The Morgan fingerprint density at radius 3 is 2.87 bits per heavy atom. The lowest BCUT2D eigenvalue weighted by atomic mass is 10.0. The van der Waals surface area contributed by atoms with E-state index in [-0.39, 0.29) is 6.04 Å². The van der Waals surface area contributed by atoms with Gasteiger partial charge in [-0.1, -0.05) is 28.9 Å². The molecule has 0 aliphatic carbocycles. The first-order valence-corrected chi connectivity index (χ1v) is 5.93. The van der Waals surface area contributed by atoms with Gasteiger partial charge in [0.25, 0.3) is 0 Å². The number of hydrogen-bond acceptors (Lipinski definition) is 1. The van der Waals surface area contributed by atoms with Crippen molar-refractivity contribution in [2.45, 2.75) is 19.4 Å². The van der Waals surface area contributed by atoms with Crippen molar-refractivity contribution in [3.05, 3.63) is 34.4 Å². The number of nitrogens with zero attached hydrogens (tertiary/aromatic N) is 1. The minimum atomic E-state index is 0.134. The summed E-state index contributed by atoms with van der Waals surface area (Å²) in [5.74, 6) is 0. The Balaban J connectivity index is 2.68. The zero-order chi connectivity index (χ0) is 11.0. The molecule has 0 spiro atoms. The van der Waals surface area contributed by atoms with Gasteiger partial charge in [-0.25, -0.2) is 0 Å². The van der Waals surface area contributed by atoms with E-state index in [1.807, 2.05) is 0 Å². The van der Waals surface area contributed by atoms with Crippen LogP contribution in [0.1, 0.15) is 24.9 Å². The number of aryl methyl sites for hydroxylation is 1. The highest BCUT2D eigenvalue weighted by Crippen LogP contribution is 2.28. The summed E-state index contributed by atoms with van der Waals surface area (Å²) in [6.07, 6.45) is 3.10. The maximum atomic E-state index is 6.09. The van der Waals surface area contributed by atoms with Gasteiger partial charge in [0.2, 0.25) is 0 Å².